The second-order valence-corrected chi connectivity index (χ2v) is 6.31. The summed E-state index contributed by atoms with van der Waals surface area (Å²) in [6, 6.07) is 7.20. The molecule has 2 unspecified atom stereocenters. The Hall–Kier alpha value is -1.03. The summed E-state index contributed by atoms with van der Waals surface area (Å²) in [4.78, 5) is 12.4. The smallest absolute Gasteiger partial charge is 0.224 e. The molecule has 1 aromatic carbocycles. The van der Waals surface area contributed by atoms with Crippen molar-refractivity contribution in [3.63, 3.8) is 0 Å². The molecule has 4 heteroatoms. The number of phenolic OH excluding ortho intramolecular Hbond substituents is 1. The number of halogens is 1. The molecule has 1 aromatic rings. The molecule has 2 N–H and O–H groups in total. The van der Waals surface area contributed by atoms with Crippen molar-refractivity contribution in [2.24, 2.45) is 0 Å². The minimum atomic E-state index is -0.0159. The van der Waals surface area contributed by atoms with Crippen molar-refractivity contribution in [2.45, 2.75) is 49.4 Å². The van der Waals surface area contributed by atoms with Crippen molar-refractivity contribution in [1.82, 2.24) is 5.32 Å². The average molecular weight is 326 g/mol. The normalized spacial score (nSPS) is 23.6. The number of phenols is 1. The molecule has 1 saturated carbocycles. The van der Waals surface area contributed by atoms with Gasteiger partial charge in [0.2, 0.25) is 5.91 Å². The van der Waals surface area contributed by atoms with E-state index in [1.165, 1.54) is 19.3 Å². The van der Waals surface area contributed by atoms with Gasteiger partial charge in [0.1, 0.15) is 5.75 Å². The Morgan fingerprint density at radius 3 is 2.79 bits per heavy atom. The van der Waals surface area contributed by atoms with Gasteiger partial charge in [-0.3, -0.25) is 4.79 Å². The summed E-state index contributed by atoms with van der Waals surface area (Å²) in [5.41, 5.74) is 0.680. The number of para-hydroxylation sites is 1. The lowest BCUT2D eigenvalue weighted by atomic mass is 10.1. The van der Waals surface area contributed by atoms with Crippen LogP contribution in [0.4, 0.5) is 0 Å². The van der Waals surface area contributed by atoms with E-state index in [1.807, 2.05) is 6.07 Å². The molecule has 3 nitrogen and oxygen atoms in total. The minimum absolute atomic E-state index is 0.0159. The molecule has 1 aliphatic carbocycles. The Bertz CT molecular complexity index is 436. The number of rotatable bonds is 3. The van der Waals surface area contributed by atoms with E-state index in [2.05, 4.69) is 21.2 Å². The van der Waals surface area contributed by atoms with E-state index in [1.54, 1.807) is 18.2 Å². The van der Waals surface area contributed by atoms with Crippen molar-refractivity contribution in [3.8, 4) is 5.75 Å². The van der Waals surface area contributed by atoms with Crippen LogP contribution in [0.15, 0.2) is 24.3 Å². The first-order valence-corrected chi connectivity index (χ1v) is 7.78. The van der Waals surface area contributed by atoms with Gasteiger partial charge in [0.25, 0.3) is 0 Å². The van der Waals surface area contributed by atoms with Crippen LogP contribution in [-0.4, -0.2) is 21.9 Å². The lowest BCUT2D eigenvalue weighted by Crippen LogP contribution is -2.41. The molecule has 0 bridgehead atoms. The highest BCUT2D eigenvalue weighted by atomic mass is 79.9. The first kappa shape index (κ1) is 14.4. The summed E-state index contributed by atoms with van der Waals surface area (Å²) in [7, 11) is 0. The number of hydrogen-bond donors (Lipinski definition) is 2. The average Bonchev–Trinajstić information content (AvgIpc) is 2.58. The maximum absolute atomic E-state index is 12.0. The minimum Gasteiger partial charge on any atom is -0.508 e. The Labute approximate surface area is 122 Å². The first-order chi connectivity index (χ1) is 9.16. The van der Waals surface area contributed by atoms with Crippen LogP contribution in [0.25, 0.3) is 0 Å². The van der Waals surface area contributed by atoms with Crippen LogP contribution in [0.1, 0.15) is 37.7 Å². The summed E-state index contributed by atoms with van der Waals surface area (Å²) >= 11 is 3.67. The van der Waals surface area contributed by atoms with E-state index >= 15 is 0 Å². The maximum Gasteiger partial charge on any atom is 0.224 e. The maximum atomic E-state index is 12.0. The van der Waals surface area contributed by atoms with Gasteiger partial charge in [-0.1, -0.05) is 53.4 Å². The zero-order valence-electron chi connectivity index (χ0n) is 10.9. The molecular weight excluding hydrogens is 306 g/mol. The molecule has 0 heterocycles. The van der Waals surface area contributed by atoms with Gasteiger partial charge in [-0.25, -0.2) is 0 Å². The predicted octanol–water partition coefficient (Wildman–Crippen LogP) is 3.15. The van der Waals surface area contributed by atoms with E-state index in [4.69, 9.17) is 0 Å². The van der Waals surface area contributed by atoms with E-state index in [9.17, 15) is 9.90 Å². The molecule has 104 valence electrons. The molecule has 0 radical (unpaired) electrons. The zero-order valence-corrected chi connectivity index (χ0v) is 12.5. The van der Waals surface area contributed by atoms with E-state index in [0.717, 1.165) is 12.8 Å². The number of benzene rings is 1. The molecule has 0 spiro atoms. The van der Waals surface area contributed by atoms with Crippen molar-refractivity contribution >= 4 is 21.8 Å². The Balaban J connectivity index is 1.92. The molecule has 1 aliphatic rings. The number of carbonyl (C=O) groups excluding carboxylic acids is 1. The quantitative estimate of drug-likeness (QED) is 0.662. The van der Waals surface area contributed by atoms with Gasteiger partial charge in [-0.2, -0.15) is 0 Å². The van der Waals surface area contributed by atoms with Crippen molar-refractivity contribution in [3.05, 3.63) is 29.8 Å². The number of aromatic hydroxyl groups is 1. The summed E-state index contributed by atoms with van der Waals surface area (Å²) in [6.07, 6.45) is 6.02. The van der Waals surface area contributed by atoms with Crippen molar-refractivity contribution in [2.75, 3.05) is 0 Å². The number of amides is 1. The zero-order chi connectivity index (χ0) is 13.7. The molecule has 0 aromatic heterocycles. The highest BCUT2D eigenvalue weighted by Gasteiger charge is 2.23. The van der Waals surface area contributed by atoms with Crippen LogP contribution in [0.5, 0.6) is 5.75 Å². The van der Waals surface area contributed by atoms with Gasteiger partial charge in [0.05, 0.1) is 6.42 Å². The third-order valence-corrected chi connectivity index (χ3v) is 4.72. The summed E-state index contributed by atoms with van der Waals surface area (Å²) in [6.45, 7) is 0. The first-order valence-electron chi connectivity index (χ1n) is 6.87. The fourth-order valence-electron chi connectivity index (χ4n) is 2.52. The van der Waals surface area contributed by atoms with Gasteiger partial charge in [0, 0.05) is 16.4 Å². The summed E-state index contributed by atoms with van der Waals surface area (Å²) < 4.78 is 0. The molecule has 19 heavy (non-hydrogen) atoms. The van der Waals surface area contributed by atoms with Gasteiger partial charge in [-0.15, -0.1) is 0 Å². The second-order valence-electron chi connectivity index (χ2n) is 5.13. The molecule has 0 aliphatic heterocycles. The molecule has 1 amide bonds. The van der Waals surface area contributed by atoms with Crippen LogP contribution in [0.2, 0.25) is 0 Å². The van der Waals surface area contributed by atoms with Crippen molar-refractivity contribution in [1.29, 1.82) is 0 Å². The molecule has 0 saturated heterocycles. The number of hydrogen-bond acceptors (Lipinski definition) is 2. The van der Waals surface area contributed by atoms with Gasteiger partial charge >= 0.3 is 0 Å². The largest absolute Gasteiger partial charge is 0.508 e. The lowest BCUT2D eigenvalue weighted by molar-refractivity contribution is -0.121. The van der Waals surface area contributed by atoms with Gasteiger partial charge in [0.15, 0.2) is 0 Å². The molecule has 1 fully saturated rings. The summed E-state index contributed by atoms with van der Waals surface area (Å²) in [5, 5.41) is 12.8. The Kier molecular flexibility index (Phi) is 5.25. The van der Waals surface area contributed by atoms with Crippen LogP contribution in [0, 0.1) is 0 Å². The molecular formula is C15H20BrNO2. The Morgan fingerprint density at radius 1 is 1.26 bits per heavy atom. The third kappa shape index (κ3) is 4.23. The van der Waals surface area contributed by atoms with E-state index in [0.29, 0.717) is 10.4 Å². The Morgan fingerprint density at radius 2 is 2.00 bits per heavy atom. The predicted molar refractivity (Wildman–Crippen MR) is 79.5 cm³/mol. The third-order valence-electron chi connectivity index (χ3n) is 3.62. The monoisotopic (exact) mass is 325 g/mol. The van der Waals surface area contributed by atoms with Crippen LogP contribution >= 0.6 is 15.9 Å². The van der Waals surface area contributed by atoms with Gasteiger partial charge in [-0.05, 0) is 18.9 Å². The van der Waals surface area contributed by atoms with Gasteiger partial charge < -0.3 is 10.4 Å². The number of alkyl halides is 1. The fourth-order valence-corrected chi connectivity index (χ4v) is 3.24. The van der Waals surface area contributed by atoms with Crippen molar-refractivity contribution < 1.29 is 9.90 Å². The highest BCUT2D eigenvalue weighted by molar-refractivity contribution is 9.09. The topological polar surface area (TPSA) is 49.3 Å². The van der Waals surface area contributed by atoms with Crippen LogP contribution in [-0.2, 0) is 11.2 Å². The molecule has 2 atom stereocenters. The summed E-state index contributed by atoms with van der Waals surface area (Å²) in [5.74, 6) is 0.173. The molecule has 2 rings (SSSR count). The standard InChI is InChI=1S/C15H20BrNO2/c16-12-7-2-1-3-8-13(12)17-15(19)10-11-6-4-5-9-14(11)18/h4-6,9,12-13,18H,1-3,7-8,10H2,(H,17,19). The van der Waals surface area contributed by atoms with E-state index in [-0.39, 0.29) is 24.1 Å². The van der Waals surface area contributed by atoms with Crippen LogP contribution in [0.3, 0.4) is 0 Å². The second kappa shape index (κ2) is 6.94. The highest BCUT2D eigenvalue weighted by Crippen LogP contribution is 2.24. The van der Waals surface area contributed by atoms with Crippen LogP contribution < -0.4 is 5.32 Å². The lowest BCUT2D eigenvalue weighted by Gasteiger charge is -2.21. The number of carbonyl (C=O) groups is 1. The fraction of sp³-hybridized carbons (Fsp3) is 0.533. The van der Waals surface area contributed by atoms with E-state index < -0.39 is 0 Å². The SMILES string of the molecule is O=C(Cc1ccccc1O)NC1CCCCCC1Br. The number of nitrogens with one attached hydrogen (secondary N) is 1.